The van der Waals surface area contributed by atoms with Crippen molar-refractivity contribution in [1.82, 2.24) is 4.98 Å². The van der Waals surface area contributed by atoms with Gasteiger partial charge in [-0.15, -0.1) is 0 Å². The van der Waals surface area contributed by atoms with Crippen LogP contribution in [0.15, 0.2) is 42.7 Å². The molecule has 3 heteroatoms. The first-order valence-electron chi connectivity index (χ1n) is 5.71. The largest absolute Gasteiger partial charge is 0.381 e. The lowest BCUT2D eigenvalue weighted by Crippen LogP contribution is -2.00. The number of aryl methyl sites for hydroxylation is 1. The molecule has 0 aliphatic rings. The summed E-state index contributed by atoms with van der Waals surface area (Å²) in [4.78, 5) is 3.96. The van der Waals surface area contributed by atoms with Gasteiger partial charge in [-0.25, -0.2) is 0 Å². The molecule has 2 aromatic rings. The fraction of sp³-hybridized carbons (Fsp3) is 0.214. The number of hydrogen-bond donors (Lipinski definition) is 1. The molecule has 0 saturated carbocycles. The van der Waals surface area contributed by atoms with Crippen molar-refractivity contribution in [2.24, 2.45) is 0 Å². The van der Waals surface area contributed by atoms with Crippen molar-refractivity contribution in [2.75, 3.05) is 5.32 Å². The molecule has 0 spiro atoms. The predicted molar refractivity (Wildman–Crippen MR) is 72.4 cm³/mol. The Kier molecular flexibility index (Phi) is 3.99. The summed E-state index contributed by atoms with van der Waals surface area (Å²) >= 11 is 6.04. The molecule has 0 aliphatic heterocycles. The number of nitrogens with one attached hydrogen (secondary N) is 1. The number of aromatic nitrogens is 1. The van der Waals surface area contributed by atoms with Crippen LogP contribution < -0.4 is 5.32 Å². The number of nitrogens with zero attached hydrogens (tertiary/aromatic N) is 1. The van der Waals surface area contributed by atoms with E-state index in [0.29, 0.717) is 11.6 Å². The third kappa shape index (κ3) is 3.21. The summed E-state index contributed by atoms with van der Waals surface area (Å²) in [6, 6.07) is 10.4. The van der Waals surface area contributed by atoms with E-state index in [1.54, 1.807) is 12.4 Å². The summed E-state index contributed by atoms with van der Waals surface area (Å²) in [6.07, 6.45) is 4.48. The number of benzene rings is 1. The zero-order valence-electron chi connectivity index (χ0n) is 9.78. The summed E-state index contributed by atoms with van der Waals surface area (Å²) < 4.78 is 0. The van der Waals surface area contributed by atoms with E-state index in [4.69, 9.17) is 11.6 Å². The van der Waals surface area contributed by atoms with E-state index in [9.17, 15) is 0 Å². The van der Waals surface area contributed by atoms with Gasteiger partial charge in [-0.2, -0.15) is 0 Å². The molecule has 0 aliphatic carbocycles. The number of anilines is 1. The maximum Gasteiger partial charge on any atom is 0.0639 e. The molecule has 0 amide bonds. The van der Waals surface area contributed by atoms with Crippen molar-refractivity contribution in [1.29, 1.82) is 0 Å². The Morgan fingerprint density at radius 1 is 1.18 bits per heavy atom. The third-order valence-electron chi connectivity index (χ3n) is 2.70. The van der Waals surface area contributed by atoms with Crippen LogP contribution in [0.25, 0.3) is 0 Å². The Bertz CT molecular complexity index is 480. The first kappa shape index (κ1) is 11.9. The van der Waals surface area contributed by atoms with Gasteiger partial charge in [0.2, 0.25) is 0 Å². The van der Waals surface area contributed by atoms with Crippen molar-refractivity contribution in [3.63, 3.8) is 0 Å². The molecular weight excluding hydrogens is 232 g/mol. The molecule has 1 aromatic carbocycles. The van der Waals surface area contributed by atoms with Crippen LogP contribution in [0.2, 0.25) is 5.02 Å². The van der Waals surface area contributed by atoms with Gasteiger partial charge in [0.25, 0.3) is 0 Å². The Morgan fingerprint density at radius 3 is 2.59 bits per heavy atom. The maximum atomic E-state index is 6.04. The molecule has 0 radical (unpaired) electrons. The molecule has 2 nitrogen and oxygen atoms in total. The van der Waals surface area contributed by atoms with Gasteiger partial charge in [0.05, 0.1) is 5.02 Å². The fourth-order valence-corrected chi connectivity index (χ4v) is 1.79. The van der Waals surface area contributed by atoms with Gasteiger partial charge >= 0.3 is 0 Å². The molecule has 17 heavy (non-hydrogen) atoms. The predicted octanol–water partition coefficient (Wildman–Crippen LogP) is 3.91. The molecule has 88 valence electrons. The molecular formula is C14H15ClN2. The molecule has 0 fully saturated rings. The summed E-state index contributed by atoms with van der Waals surface area (Å²) in [6.45, 7) is 2.87. The van der Waals surface area contributed by atoms with Gasteiger partial charge in [0.1, 0.15) is 0 Å². The second kappa shape index (κ2) is 5.69. The second-order valence-electron chi connectivity index (χ2n) is 3.87. The lowest BCUT2D eigenvalue weighted by atomic mass is 10.1. The van der Waals surface area contributed by atoms with E-state index >= 15 is 0 Å². The average Bonchev–Trinajstić information content (AvgIpc) is 2.38. The monoisotopic (exact) mass is 246 g/mol. The SMILES string of the molecule is CCc1ccc(NCc2ccncc2Cl)cc1. The first-order chi connectivity index (χ1) is 8.29. The van der Waals surface area contributed by atoms with Crippen molar-refractivity contribution in [3.8, 4) is 0 Å². The molecule has 2 rings (SSSR count). The molecule has 0 bridgehead atoms. The molecule has 1 N–H and O–H groups in total. The lowest BCUT2D eigenvalue weighted by Gasteiger charge is -2.08. The summed E-state index contributed by atoms with van der Waals surface area (Å²) in [5, 5.41) is 4.04. The third-order valence-corrected chi connectivity index (χ3v) is 3.04. The van der Waals surface area contributed by atoms with Crippen LogP contribution in [-0.4, -0.2) is 4.98 Å². The molecule has 1 aromatic heterocycles. The number of rotatable bonds is 4. The van der Waals surface area contributed by atoms with Crippen molar-refractivity contribution >= 4 is 17.3 Å². The Morgan fingerprint density at radius 2 is 1.94 bits per heavy atom. The van der Waals surface area contributed by atoms with Crippen LogP contribution in [0.1, 0.15) is 18.1 Å². The molecule has 0 saturated heterocycles. The van der Waals surface area contributed by atoms with Crippen molar-refractivity contribution in [2.45, 2.75) is 19.9 Å². The van der Waals surface area contributed by atoms with Crippen molar-refractivity contribution < 1.29 is 0 Å². The second-order valence-corrected chi connectivity index (χ2v) is 4.28. The van der Waals surface area contributed by atoms with Gasteiger partial charge < -0.3 is 5.32 Å². The van der Waals surface area contributed by atoms with E-state index in [2.05, 4.69) is 41.5 Å². The highest BCUT2D eigenvalue weighted by Crippen LogP contribution is 2.16. The van der Waals surface area contributed by atoms with E-state index in [1.165, 1.54) is 5.56 Å². The van der Waals surface area contributed by atoms with Crippen molar-refractivity contribution in [3.05, 3.63) is 58.9 Å². The number of pyridine rings is 1. The zero-order valence-corrected chi connectivity index (χ0v) is 10.5. The van der Waals surface area contributed by atoms with Gasteiger partial charge in [-0.3, -0.25) is 4.98 Å². The smallest absolute Gasteiger partial charge is 0.0639 e. The summed E-state index contributed by atoms with van der Waals surface area (Å²) in [5.41, 5.74) is 3.51. The van der Waals surface area contributed by atoms with Crippen LogP contribution in [-0.2, 0) is 13.0 Å². The van der Waals surface area contributed by atoms with E-state index in [-0.39, 0.29) is 0 Å². The van der Waals surface area contributed by atoms with Crippen LogP contribution in [0.4, 0.5) is 5.69 Å². The van der Waals surface area contributed by atoms with Crippen LogP contribution in [0.5, 0.6) is 0 Å². The summed E-state index contributed by atoms with van der Waals surface area (Å²) in [7, 11) is 0. The highest BCUT2D eigenvalue weighted by atomic mass is 35.5. The minimum atomic E-state index is 0.699. The summed E-state index contributed by atoms with van der Waals surface area (Å²) in [5.74, 6) is 0. The lowest BCUT2D eigenvalue weighted by molar-refractivity contribution is 1.11. The van der Waals surface area contributed by atoms with Crippen LogP contribution in [0.3, 0.4) is 0 Å². The number of hydrogen-bond acceptors (Lipinski definition) is 2. The van der Waals surface area contributed by atoms with Gasteiger partial charge in [-0.05, 0) is 35.7 Å². The topological polar surface area (TPSA) is 24.9 Å². The Labute approximate surface area is 107 Å². The normalized spacial score (nSPS) is 10.2. The first-order valence-corrected chi connectivity index (χ1v) is 6.08. The molecule has 1 heterocycles. The van der Waals surface area contributed by atoms with E-state index < -0.39 is 0 Å². The molecule has 0 atom stereocenters. The quantitative estimate of drug-likeness (QED) is 0.885. The van der Waals surface area contributed by atoms with Gasteiger partial charge in [0.15, 0.2) is 0 Å². The maximum absolute atomic E-state index is 6.04. The molecule has 0 unspecified atom stereocenters. The Hall–Kier alpha value is -1.54. The Balaban J connectivity index is 2.00. The van der Waals surface area contributed by atoms with Gasteiger partial charge in [0, 0.05) is 24.6 Å². The minimum absolute atomic E-state index is 0.699. The number of halogens is 1. The zero-order chi connectivity index (χ0) is 12.1. The van der Waals surface area contributed by atoms with Gasteiger partial charge in [-0.1, -0.05) is 30.7 Å². The van der Waals surface area contributed by atoms with Crippen LogP contribution in [0, 0.1) is 0 Å². The van der Waals surface area contributed by atoms with Crippen LogP contribution >= 0.6 is 11.6 Å². The van der Waals surface area contributed by atoms with E-state index in [0.717, 1.165) is 17.7 Å². The van der Waals surface area contributed by atoms with E-state index in [1.807, 2.05) is 6.07 Å². The minimum Gasteiger partial charge on any atom is -0.381 e. The highest BCUT2D eigenvalue weighted by molar-refractivity contribution is 6.31. The fourth-order valence-electron chi connectivity index (χ4n) is 1.60. The average molecular weight is 247 g/mol. The standard InChI is InChI=1S/C14H15ClN2/c1-2-11-3-5-13(6-4-11)17-9-12-7-8-16-10-14(12)15/h3-8,10,17H,2,9H2,1H3. The highest BCUT2D eigenvalue weighted by Gasteiger charge is 1.99.